The molecular formula is C19H22ClN3O4S. The third-order valence-electron chi connectivity index (χ3n) is 4.31. The number of halogens is 1. The Bertz CT molecular complexity index is 931. The zero-order valence-electron chi connectivity index (χ0n) is 15.3. The summed E-state index contributed by atoms with van der Waals surface area (Å²) in [6.45, 7) is 0.243. The lowest BCUT2D eigenvalue weighted by molar-refractivity contribution is 0.129. The zero-order chi connectivity index (χ0) is 20.1. The van der Waals surface area contributed by atoms with Crippen molar-refractivity contribution >= 4 is 39.1 Å². The maximum absolute atomic E-state index is 11.9. The number of hydrogen-bond acceptors (Lipinski definition) is 5. The fraction of sp³-hybridized carbons (Fsp3) is 0.316. The van der Waals surface area contributed by atoms with E-state index in [1.54, 1.807) is 18.2 Å². The molecule has 3 rings (SSSR count). The lowest BCUT2D eigenvalue weighted by atomic mass is 9.86. The summed E-state index contributed by atoms with van der Waals surface area (Å²) in [7, 11) is -3.38. The largest absolute Gasteiger partial charge is 0.445 e. The van der Waals surface area contributed by atoms with Crippen LogP contribution in [0.2, 0.25) is 5.02 Å². The van der Waals surface area contributed by atoms with E-state index in [2.05, 4.69) is 15.4 Å². The van der Waals surface area contributed by atoms with Gasteiger partial charge < -0.3 is 15.4 Å². The van der Waals surface area contributed by atoms with Crippen LogP contribution in [0, 0.1) is 0 Å². The number of alkyl carbamates (subject to hydrolysis) is 1. The molecule has 2 aromatic carbocycles. The summed E-state index contributed by atoms with van der Waals surface area (Å²) >= 11 is 6.12. The number of hydrogen-bond donors (Lipinski definition) is 3. The highest BCUT2D eigenvalue weighted by Gasteiger charge is 2.30. The minimum absolute atomic E-state index is 0.0578. The molecule has 2 aromatic rings. The van der Waals surface area contributed by atoms with E-state index < -0.39 is 16.1 Å². The normalized spacial score (nSPS) is 18.6. The zero-order valence-corrected chi connectivity index (χ0v) is 16.9. The van der Waals surface area contributed by atoms with Gasteiger partial charge in [0.2, 0.25) is 10.0 Å². The maximum atomic E-state index is 11.9. The molecule has 0 spiro atoms. The first kappa shape index (κ1) is 20.3. The number of amides is 1. The van der Waals surface area contributed by atoms with E-state index in [0.29, 0.717) is 10.7 Å². The lowest BCUT2D eigenvalue weighted by Gasteiger charge is -2.36. The second kappa shape index (κ2) is 8.70. The van der Waals surface area contributed by atoms with E-state index in [1.807, 2.05) is 30.3 Å². The van der Waals surface area contributed by atoms with E-state index in [4.69, 9.17) is 16.3 Å². The SMILES string of the molecule is CS(=O)(=O)Nc1ccc(NC2CC(NC(=O)OCc3ccccc3)C2)cc1Cl. The van der Waals surface area contributed by atoms with Gasteiger partial charge in [0.15, 0.2) is 0 Å². The summed E-state index contributed by atoms with van der Waals surface area (Å²) in [5, 5.41) is 6.48. The second-order valence-electron chi connectivity index (χ2n) is 6.78. The molecule has 1 amide bonds. The van der Waals surface area contributed by atoms with Gasteiger partial charge in [-0.15, -0.1) is 0 Å². The van der Waals surface area contributed by atoms with Crippen LogP contribution in [0.4, 0.5) is 16.2 Å². The number of benzene rings is 2. The van der Waals surface area contributed by atoms with E-state index >= 15 is 0 Å². The van der Waals surface area contributed by atoms with Gasteiger partial charge in [0.25, 0.3) is 0 Å². The standard InChI is InChI=1S/C19H22ClN3O4S/c1-28(25,26)23-18-8-7-14(11-17(18)20)21-15-9-16(10-15)22-19(24)27-12-13-5-3-2-4-6-13/h2-8,11,15-16,21,23H,9-10,12H2,1H3,(H,22,24). The molecule has 1 fully saturated rings. The van der Waals surface area contributed by atoms with Gasteiger partial charge >= 0.3 is 6.09 Å². The van der Waals surface area contributed by atoms with Crippen molar-refractivity contribution < 1.29 is 17.9 Å². The molecule has 0 saturated heterocycles. The Balaban J connectivity index is 1.40. The first-order valence-electron chi connectivity index (χ1n) is 8.79. The van der Waals surface area contributed by atoms with Crippen LogP contribution in [0.3, 0.4) is 0 Å². The molecule has 1 aliphatic carbocycles. The molecule has 3 N–H and O–H groups in total. The Morgan fingerprint density at radius 3 is 2.50 bits per heavy atom. The highest BCUT2D eigenvalue weighted by atomic mass is 35.5. The molecule has 0 heterocycles. The minimum atomic E-state index is -3.38. The third kappa shape index (κ3) is 6.03. The summed E-state index contributed by atoms with van der Waals surface area (Å²) in [5.74, 6) is 0. The second-order valence-corrected chi connectivity index (χ2v) is 8.94. The van der Waals surface area contributed by atoms with E-state index in [0.717, 1.165) is 30.3 Å². The molecule has 7 nitrogen and oxygen atoms in total. The lowest BCUT2D eigenvalue weighted by Crippen LogP contribution is -2.49. The van der Waals surface area contributed by atoms with Crippen molar-refractivity contribution in [1.82, 2.24) is 5.32 Å². The molecule has 0 atom stereocenters. The van der Waals surface area contributed by atoms with Crippen molar-refractivity contribution in [2.45, 2.75) is 31.5 Å². The van der Waals surface area contributed by atoms with Crippen LogP contribution in [0.5, 0.6) is 0 Å². The van der Waals surface area contributed by atoms with Crippen LogP contribution in [0.15, 0.2) is 48.5 Å². The first-order valence-corrected chi connectivity index (χ1v) is 11.1. The quantitative estimate of drug-likeness (QED) is 0.632. The molecular weight excluding hydrogens is 402 g/mol. The van der Waals surface area contributed by atoms with Gasteiger partial charge in [-0.25, -0.2) is 13.2 Å². The van der Waals surface area contributed by atoms with Crippen molar-refractivity contribution in [3.8, 4) is 0 Å². The van der Waals surface area contributed by atoms with Gasteiger partial charge in [-0.1, -0.05) is 41.9 Å². The summed E-state index contributed by atoms with van der Waals surface area (Å²) in [4.78, 5) is 11.9. The summed E-state index contributed by atoms with van der Waals surface area (Å²) < 4.78 is 30.2. The van der Waals surface area contributed by atoms with Crippen molar-refractivity contribution in [3.05, 3.63) is 59.1 Å². The Morgan fingerprint density at radius 1 is 1.14 bits per heavy atom. The topological polar surface area (TPSA) is 96.5 Å². The highest BCUT2D eigenvalue weighted by Crippen LogP contribution is 2.29. The average Bonchev–Trinajstić information content (AvgIpc) is 2.60. The molecule has 1 saturated carbocycles. The summed E-state index contributed by atoms with van der Waals surface area (Å²) in [6.07, 6.45) is 2.18. The first-order chi connectivity index (χ1) is 13.3. The van der Waals surface area contributed by atoms with Crippen LogP contribution >= 0.6 is 11.6 Å². The number of rotatable bonds is 7. The molecule has 0 aliphatic heterocycles. The molecule has 0 unspecified atom stereocenters. The predicted molar refractivity (Wildman–Crippen MR) is 110 cm³/mol. The third-order valence-corrected chi connectivity index (χ3v) is 5.21. The Hall–Kier alpha value is -2.45. The molecule has 9 heteroatoms. The van der Waals surface area contributed by atoms with Crippen LogP contribution in [0.1, 0.15) is 18.4 Å². The minimum Gasteiger partial charge on any atom is -0.445 e. The van der Waals surface area contributed by atoms with Crippen LogP contribution in [0.25, 0.3) is 0 Å². The summed E-state index contributed by atoms with van der Waals surface area (Å²) in [6, 6.07) is 14.8. The van der Waals surface area contributed by atoms with Crippen molar-refractivity contribution in [2.24, 2.45) is 0 Å². The maximum Gasteiger partial charge on any atom is 0.407 e. The Kier molecular flexibility index (Phi) is 6.31. The Labute approximate surface area is 169 Å². The van der Waals surface area contributed by atoms with Gasteiger partial charge in [-0.3, -0.25) is 4.72 Å². The van der Waals surface area contributed by atoms with Gasteiger partial charge in [0.05, 0.1) is 17.0 Å². The number of carbonyl (C=O) groups is 1. The van der Waals surface area contributed by atoms with Gasteiger partial charge in [-0.2, -0.15) is 0 Å². The van der Waals surface area contributed by atoms with Crippen LogP contribution in [-0.2, 0) is 21.4 Å². The van der Waals surface area contributed by atoms with Crippen LogP contribution < -0.4 is 15.4 Å². The predicted octanol–water partition coefficient (Wildman–Crippen LogP) is 3.58. The molecule has 0 radical (unpaired) electrons. The fourth-order valence-corrected chi connectivity index (χ4v) is 3.77. The van der Waals surface area contributed by atoms with Crippen molar-refractivity contribution in [3.63, 3.8) is 0 Å². The van der Waals surface area contributed by atoms with Gasteiger partial charge in [0.1, 0.15) is 6.61 Å². The number of ether oxygens (including phenoxy) is 1. The molecule has 0 bridgehead atoms. The van der Waals surface area contributed by atoms with E-state index in [-0.39, 0.29) is 18.7 Å². The number of carbonyl (C=O) groups excluding carboxylic acids is 1. The molecule has 0 aromatic heterocycles. The monoisotopic (exact) mass is 423 g/mol. The Morgan fingerprint density at radius 2 is 1.86 bits per heavy atom. The number of nitrogens with one attached hydrogen (secondary N) is 3. The highest BCUT2D eigenvalue weighted by molar-refractivity contribution is 7.92. The van der Waals surface area contributed by atoms with Gasteiger partial charge in [-0.05, 0) is 36.6 Å². The summed E-state index contributed by atoms with van der Waals surface area (Å²) in [5.41, 5.74) is 2.07. The molecule has 150 valence electrons. The van der Waals surface area contributed by atoms with Gasteiger partial charge in [0, 0.05) is 17.8 Å². The molecule has 28 heavy (non-hydrogen) atoms. The number of anilines is 2. The average molecular weight is 424 g/mol. The number of sulfonamides is 1. The fourth-order valence-electron chi connectivity index (χ4n) is 2.91. The van der Waals surface area contributed by atoms with E-state index in [9.17, 15) is 13.2 Å². The van der Waals surface area contributed by atoms with E-state index in [1.165, 1.54) is 0 Å². The molecule has 1 aliphatic rings. The smallest absolute Gasteiger partial charge is 0.407 e. The van der Waals surface area contributed by atoms with Crippen molar-refractivity contribution in [2.75, 3.05) is 16.3 Å². The van der Waals surface area contributed by atoms with Crippen LogP contribution in [-0.4, -0.2) is 32.9 Å². The van der Waals surface area contributed by atoms with Crippen molar-refractivity contribution in [1.29, 1.82) is 0 Å².